The number of nitro benzene ring substituents is 1. The van der Waals surface area contributed by atoms with Gasteiger partial charge in [-0.15, -0.1) is 0 Å². The van der Waals surface area contributed by atoms with Crippen LogP contribution < -0.4 is 0 Å². The zero-order valence-electron chi connectivity index (χ0n) is 8.64. The summed E-state index contributed by atoms with van der Waals surface area (Å²) < 4.78 is 0. The van der Waals surface area contributed by atoms with Gasteiger partial charge in [-0.25, -0.2) is 4.79 Å². The van der Waals surface area contributed by atoms with Gasteiger partial charge < -0.3 is 7.96 Å². The molecule has 1 N–H and O–H groups in total. The van der Waals surface area contributed by atoms with Gasteiger partial charge in [-0.3, -0.25) is 10.1 Å². The second kappa shape index (κ2) is 5.16. The van der Waals surface area contributed by atoms with Gasteiger partial charge in [0.05, 0.1) is 4.92 Å². The normalized spacial score (nSPS) is 8.62. The molecule has 5 nitrogen and oxygen atoms in total. The van der Waals surface area contributed by atoms with Crippen molar-refractivity contribution in [1.82, 2.24) is 0 Å². The van der Waals surface area contributed by atoms with E-state index in [4.69, 9.17) is 5.11 Å². The third kappa shape index (κ3) is 2.95. The van der Waals surface area contributed by atoms with E-state index in [1.165, 1.54) is 18.2 Å². The Morgan fingerprint density at radius 3 is 2.38 bits per heavy atom. The summed E-state index contributed by atoms with van der Waals surface area (Å²) >= 11 is 0. The fourth-order valence-electron chi connectivity index (χ4n) is 0.814. The van der Waals surface area contributed by atoms with E-state index in [-0.39, 0.29) is 51.8 Å². The van der Waals surface area contributed by atoms with E-state index in [0.717, 1.165) is 6.07 Å². The smallest absolute Gasteiger partial charge is 1.00 e. The van der Waals surface area contributed by atoms with Gasteiger partial charge in [0, 0.05) is 6.07 Å². The molecule has 0 saturated heterocycles. The summed E-state index contributed by atoms with van der Waals surface area (Å²) in [5.41, 5.74) is -0.674. The number of nitrogens with zero attached hydrogens (tertiary/aromatic N) is 1. The van der Waals surface area contributed by atoms with Crippen LogP contribution in [0.3, 0.4) is 0 Å². The van der Waals surface area contributed by atoms with E-state index in [1.807, 2.05) is 0 Å². The Hall–Kier alpha value is -0.650. The minimum Gasteiger partial charge on any atom is -1.00 e. The van der Waals surface area contributed by atoms with Crippen molar-refractivity contribution in [3.63, 3.8) is 0 Å². The summed E-state index contributed by atoms with van der Waals surface area (Å²) in [5.74, 6) is -1.29. The van der Waals surface area contributed by atoms with Crippen molar-refractivity contribution in [2.24, 2.45) is 0 Å². The fraction of sp³-hybridized carbons (Fsp3) is 0. The first kappa shape index (κ1) is 12.3. The van der Waals surface area contributed by atoms with E-state index in [9.17, 15) is 14.9 Å². The van der Waals surface area contributed by atoms with Crippen LogP contribution in [0.15, 0.2) is 24.3 Å². The van der Waals surface area contributed by atoms with Gasteiger partial charge in [-0.2, -0.15) is 0 Å². The Morgan fingerprint density at radius 2 is 2.00 bits per heavy atom. The molecule has 0 bridgehead atoms. The summed E-state index contributed by atoms with van der Waals surface area (Å²) in [6.45, 7) is 0. The molecule has 0 aromatic heterocycles. The number of nitro groups is 1. The number of rotatable bonds is 2. The standard InChI is InChI=1S/C7H5NO4.Ca.2H/c9-7(10)5-3-1-2-4-6(5)8(11)12;;;/h1-4H,(H,9,10);;;/q;+2;2*-1. The Morgan fingerprint density at radius 1 is 1.46 bits per heavy atom. The van der Waals surface area contributed by atoms with Gasteiger partial charge in [0.1, 0.15) is 5.56 Å². The van der Waals surface area contributed by atoms with Crippen LogP contribution in [0, 0.1) is 10.1 Å². The molecule has 13 heavy (non-hydrogen) atoms. The molecule has 0 atom stereocenters. The van der Waals surface area contributed by atoms with E-state index < -0.39 is 10.9 Å². The molecule has 1 aromatic carbocycles. The molecular formula is C7H7CaNO4. The first-order valence-corrected chi connectivity index (χ1v) is 3.09. The molecule has 0 amide bonds. The minimum atomic E-state index is -1.29. The molecule has 6 heteroatoms. The van der Waals surface area contributed by atoms with E-state index in [2.05, 4.69) is 0 Å². The average Bonchev–Trinajstić information content (AvgIpc) is 2.04. The summed E-state index contributed by atoms with van der Waals surface area (Å²) in [6, 6.07) is 5.21. The molecule has 0 aliphatic carbocycles. The number of hydrogen-bond donors (Lipinski definition) is 1. The number of hydrogen-bond acceptors (Lipinski definition) is 3. The molecule has 0 fully saturated rings. The average molecular weight is 209 g/mol. The number of aromatic carboxylic acids is 1. The summed E-state index contributed by atoms with van der Waals surface area (Å²) in [5, 5.41) is 18.8. The van der Waals surface area contributed by atoms with Crippen LogP contribution in [-0.2, 0) is 0 Å². The number of benzene rings is 1. The van der Waals surface area contributed by atoms with Crippen molar-refractivity contribution in [2.75, 3.05) is 0 Å². The largest absolute Gasteiger partial charge is 2.00 e. The van der Waals surface area contributed by atoms with Gasteiger partial charge in [0.25, 0.3) is 5.69 Å². The van der Waals surface area contributed by atoms with Crippen LogP contribution in [0.2, 0.25) is 0 Å². The van der Waals surface area contributed by atoms with Gasteiger partial charge in [0.2, 0.25) is 0 Å². The third-order valence-corrected chi connectivity index (χ3v) is 1.33. The van der Waals surface area contributed by atoms with E-state index in [1.54, 1.807) is 0 Å². The Labute approximate surface area is 106 Å². The van der Waals surface area contributed by atoms with Crippen molar-refractivity contribution in [2.45, 2.75) is 0 Å². The molecule has 0 aliphatic heterocycles. The van der Waals surface area contributed by atoms with Crippen molar-refractivity contribution in [1.29, 1.82) is 0 Å². The zero-order chi connectivity index (χ0) is 9.14. The second-order valence-corrected chi connectivity index (χ2v) is 2.08. The van der Waals surface area contributed by atoms with Crippen LogP contribution >= 0.6 is 0 Å². The summed E-state index contributed by atoms with van der Waals surface area (Å²) in [4.78, 5) is 20.0. The molecule has 1 aromatic rings. The topological polar surface area (TPSA) is 80.4 Å². The first-order chi connectivity index (χ1) is 5.63. The van der Waals surface area contributed by atoms with Crippen molar-refractivity contribution in [3.8, 4) is 0 Å². The molecule has 0 heterocycles. The van der Waals surface area contributed by atoms with Crippen molar-refractivity contribution < 1.29 is 17.7 Å². The first-order valence-electron chi connectivity index (χ1n) is 3.09. The van der Waals surface area contributed by atoms with Gasteiger partial charge in [-0.05, 0) is 6.07 Å². The Balaban J connectivity index is -0.000000480. The number of para-hydroxylation sites is 1. The second-order valence-electron chi connectivity index (χ2n) is 2.08. The van der Waals surface area contributed by atoms with Crippen LogP contribution in [-0.4, -0.2) is 53.7 Å². The molecular weight excluding hydrogens is 202 g/mol. The SMILES string of the molecule is O=C(O)c1ccccc1[N+](=O)[O-].[Ca+2].[H-].[H-]. The Bertz CT molecular complexity index is 315. The maximum absolute atomic E-state index is 10.4. The van der Waals surface area contributed by atoms with Gasteiger partial charge >= 0.3 is 43.7 Å². The predicted octanol–water partition coefficient (Wildman–Crippen LogP) is 1.14. The molecule has 66 valence electrons. The van der Waals surface area contributed by atoms with Crippen LogP contribution in [0.4, 0.5) is 5.69 Å². The Kier molecular flexibility index (Phi) is 4.90. The van der Waals surface area contributed by atoms with Gasteiger partial charge in [0.15, 0.2) is 0 Å². The molecule has 1 rings (SSSR count). The number of carboxylic acids is 1. The third-order valence-electron chi connectivity index (χ3n) is 1.33. The van der Waals surface area contributed by atoms with Crippen molar-refractivity contribution >= 4 is 49.4 Å². The van der Waals surface area contributed by atoms with Crippen LogP contribution in [0.1, 0.15) is 13.2 Å². The molecule has 0 aliphatic rings. The van der Waals surface area contributed by atoms with E-state index >= 15 is 0 Å². The zero-order valence-corrected chi connectivity index (χ0v) is 8.84. The van der Waals surface area contributed by atoms with Gasteiger partial charge in [-0.1, -0.05) is 12.1 Å². The quantitative estimate of drug-likeness (QED) is 0.450. The summed E-state index contributed by atoms with van der Waals surface area (Å²) in [7, 11) is 0. The predicted molar refractivity (Wildman–Crippen MR) is 48.0 cm³/mol. The monoisotopic (exact) mass is 209 g/mol. The van der Waals surface area contributed by atoms with E-state index in [0.29, 0.717) is 0 Å². The fourth-order valence-corrected chi connectivity index (χ4v) is 0.814. The molecule has 0 spiro atoms. The maximum atomic E-state index is 10.4. The van der Waals surface area contributed by atoms with Crippen molar-refractivity contribution in [3.05, 3.63) is 39.9 Å². The molecule has 0 unspecified atom stereocenters. The minimum absolute atomic E-state index is 0. The van der Waals surface area contributed by atoms with Crippen LogP contribution in [0.5, 0.6) is 0 Å². The summed E-state index contributed by atoms with van der Waals surface area (Å²) in [6.07, 6.45) is 0. The maximum Gasteiger partial charge on any atom is 2.00 e. The van der Waals surface area contributed by atoms with Crippen LogP contribution in [0.25, 0.3) is 0 Å². The molecule has 0 radical (unpaired) electrons. The molecule has 0 saturated carbocycles. The number of carbonyl (C=O) groups is 1. The number of carboxylic acid groups (broad SMARTS) is 1.